The molecule has 0 N–H and O–H groups in total. The fraction of sp³-hybridized carbons (Fsp3) is 0.826. The predicted octanol–water partition coefficient (Wildman–Crippen LogP) is 8.00. The van der Waals surface area contributed by atoms with Crippen molar-refractivity contribution >= 4 is 0 Å². The van der Waals surface area contributed by atoms with Crippen LogP contribution >= 0.6 is 0 Å². The van der Waals surface area contributed by atoms with Gasteiger partial charge in [0.2, 0.25) is 0 Å². The fourth-order valence-corrected chi connectivity index (χ4v) is 5.58. The number of halogens is 3. The number of allylic oxidation sites excluding steroid dienone is 4. The number of hydrogen-bond donors (Lipinski definition) is 0. The molecule has 0 aliphatic heterocycles. The van der Waals surface area contributed by atoms with Crippen LogP contribution in [0.3, 0.4) is 0 Å². The quantitative estimate of drug-likeness (QED) is 0.417. The van der Waals surface area contributed by atoms with E-state index in [1.807, 2.05) is 0 Å². The van der Waals surface area contributed by atoms with Gasteiger partial charge in [-0.05, 0) is 36.7 Å². The van der Waals surface area contributed by atoms with E-state index in [0.29, 0.717) is 18.8 Å². The second-order valence-corrected chi connectivity index (χ2v) is 9.06. The number of rotatable bonds is 6. The van der Waals surface area contributed by atoms with Gasteiger partial charge in [-0.25, -0.2) is 13.2 Å². The number of hydrogen-bond acceptors (Lipinski definition) is 0. The lowest BCUT2D eigenvalue weighted by Gasteiger charge is -2.37. The van der Waals surface area contributed by atoms with Crippen LogP contribution in [-0.4, -0.2) is 5.67 Å². The third kappa shape index (κ3) is 4.57. The molecule has 3 aliphatic rings. The Labute approximate surface area is 157 Å². The molecule has 0 aromatic heterocycles. The van der Waals surface area contributed by atoms with Gasteiger partial charge >= 0.3 is 0 Å². The Hall–Kier alpha value is -0.730. The van der Waals surface area contributed by atoms with E-state index < -0.39 is 23.2 Å². The summed E-state index contributed by atoms with van der Waals surface area (Å²) in [5, 5.41) is 0. The Balaban J connectivity index is 1.41. The lowest BCUT2D eigenvalue weighted by Crippen LogP contribution is -2.36. The number of alkyl halides is 1. The van der Waals surface area contributed by atoms with Crippen LogP contribution in [0.1, 0.15) is 90.4 Å². The van der Waals surface area contributed by atoms with Crippen LogP contribution in [0.25, 0.3) is 0 Å². The lowest BCUT2D eigenvalue weighted by atomic mass is 9.70. The van der Waals surface area contributed by atoms with Crippen molar-refractivity contribution in [3.05, 3.63) is 23.8 Å². The summed E-state index contributed by atoms with van der Waals surface area (Å²) >= 11 is 0. The zero-order chi connectivity index (χ0) is 18.6. The van der Waals surface area contributed by atoms with Gasteiger partial charge in [-0.15, -0.1) is 0 Å². The Morgan fingerprint density at radius 1 is 0.846 bits per heavy atom. The summed E-state index contributed by atoms with van der Waals surface area (Å²) in [6.45, 7) is 2.28. The SMILES string of the molecule is CCCC1CCC(CCC2CCC(C3(F)C=CCC(F)=C3F)CC2)CC1. The molecule has 3 heteroatoms. The van der Waals surface area contributed by atoms with Crippen molar-refractivity contribution in [2.45, 2.75) is 96.1 Å². The Kier molecular flexibility index (Phi) is 6.91. The van der Waals surface area contributed by atoms with Gasteiger partial charge < -0.3 is 0 Å². The Bertz CT molecular complexity index is 508. The largest absolute Gasteiger partial charge is 0.231 e. The molecule has 0 radical (unpaired) electrons. The minimum absolute atomic E-state index is 0.104. The first kappa shape index (κ1) is 20.0. The zero-order valence-corrected chi connectivity index (χ0v) is 16.3. The first-order valence-corrected chi connectivity index (χ1v) is 10.9. The molecular weight excluding hydrogens is 333 g/mol. The average molecular weight is 369 g/mol. The topological polar surface area (TPSA) is 0 Å². The van der Waals surface area contributed by atoms with Gasteiger partial charge in [0.15, 0.2) is 11.5 Å². The summed E-state index contributed by atoms with van der Waals surface area (Å²) in [4.78, 5) is 0. The minimum Gasteiger partial charge on any atom is -0.231 e. The van der Waals surface area contributed by atoms with Crippen molar-refractivity contribution in [3.8, 4) is 0 Å². The van der Waals surface area contributed by atoms with Crippen LogP contribution in [0.5, 0.6) is 0 Å². The second-order valence-electron chi connectivity index (χ2n) is 9.06. The molecule has 2 saturated carbocycles. The van der Waals surface area contributed by atoms with Crippen molar-refractivity contribution in [1.29, 1.82) is 0 Å². The minimum atomic E-state index is -2.19. The van der Waals surface area contributed by atoms with Crippen molar-refractivity contribution in [3.63, 3.8) is 0 Å². The van der Waals surface area contributed by atoms with Crippen LogP contribution in [0.2, 0.25) is 0 Å². The summed E-state index contributed by atoms with van der Waals surface area (Å²) in [6, 6.07) is 0. The molecular formula is C23H35F3. The van der Waals surface area contributed by atoms with E-state index in [1.165, 1.54) is 63.5 Å². The molecule has 148 valence electrons. The van der Waals surface area contributed by atoms with Gasteiger partial charge in [-0.3, -0.25) is 0 Å². The molecule has 26 heavy (non-hydrogen) atoms. The van der Waals surface area contributed by atoms with E-state index in [1.54, 1.807) is 0 Å². The fourth-order valence-electron chi connectivity index (χ4n) is 5.58. The van der Waals surface area contributed by atoms with Crippen molar-refractivity contribution in [2.24, 2.45) is 23.7 Å². The molecule has 0 amide bonds. The van der Waals surface area contributed by atoms with Crippen LogP contribution in [0, 0.1) is 23.7 Å². The van der Waals surface area contributed by atoms with Crippen LogP contribution in [0.4, 0.5) is 13.2 Å². The zero-order valence-electron chi connectivity index (χ0n) is 16.3. The first-order chi connectivity index (χ1) is 12.5. The van der Waals surface area contributed by atoms with E-state index in [2.05, 4.69) is 6.92 Å². The molecule has 0 aromatic carbocycles. The highest BCUT2D eigenvalue weighted by molar-refractivity contribution is 5.30. The smallest absolute Gasteiger partial charge is 0.185 e. The molecule has 0 spiro atoms. The molecule has 1 atom stereocenters. The Morgan fingerprint density at radius 3 is 1.88 bits per heavy atom. The van der Waals surface area contributed by atoms with Crippen LogP contribution in [0.15, 0.2) is 23.8 Å². The Morgan fingerprint density at radius 2 is 1.35 bits per heavy atom. The van der Waals surface area contributed by atoms with Gasteiger partial charge in [-0.1, -0.05) is 77.2 Å². The predicted molar refractivity (Wildman–Crippen MR) is 102 cm³/mol. The maximum Gasteiger partial charge on any atom is 0.185 e. The van der Waals surface area contributed by atoms with Crippen molar-refractivity contribution in [2.75, 3.05) is 0 Å². The normalized spacial score (nSPS) is 38.6. The molecule has 3 aliphatic carbocycles. The highest BCUT2D eigenvalue weighted by Crippen LogP contribution is 2.47. The molecule has 2 fully saturated rings. The van der Waals surface area contributed by atoms with E-state index in [4.69, 9.17) is 0 Å². The molecule has 0 saturated heterocycles. The highest BCUT2D eigenvalue weighted by atomic mass is 19.2. The summed E-state index contributed by atoms with van der Waals surface area (Å²) in [5.41, 5.74) is -2.19. The maximum atomic E-state index is 15.0. The van der Waals surface area contributed by atoms with Crippen LogP contribution in [-0.2, 0) is 0 Å². The third-order valence-corrected chi connectivity index (χ3v) is 7.32. The van der Waals surface area contributed by atoms with E-state index in [0.717, 1.165) is 24.7 Å². The third-order valence-electron chi connectivity index (χ3n) is 7.32. The van der Waals surface area contributed by atoms with E-state index in [9.17, 15) is 8.78 Å². The van der Waals surface area contributed by atoms with Gasteiger partial charge in [-0.2, -0.15) is 0 Å². The van der Waals surface area contributed by atoms with Crippen molar-refractivity contribution in [1.82, 2.24) is 0 Å². The molecule has 0 aromatic rings. The molecule has 0 nitrogen and oxygen atoms in total. The highest BCUT2D eigenvalue weighted by Gasteiger charge is 2.45. The molecule has 0 bridgehead atoms. The molecule has 3 rings (SSSR count). The second kappa shape index (κ2) is 8.97. The first-order valence-electron chi connectivity index (χ1n) is 10.9. The van der Waals surface area contributed by atoms with Crippen molar-refractivity contribution < 1.29 is 13.2 Å². The van der Waals surface area contributed by atoms with Gasteiger partial charge in [0.1, 0.15) is 5.83 Å². The summed E-state index contributed by atoms with van der Waals surface area (Å²) < 4.78 is 42.6. The van der Waals surface area contributed by atoms with Crippen LogP contribution < -0.4 is 0 Å². The van der Waals surface area contributed by atoms with Gasteiger partial charge in [0.25, 0.3) is 0 Å². The van der Waals surface area contributed by atoms with E-state index in [-0.39, 0.29) is 6.42 Å². The summed E-state index contributed by atoms with van der Waals surface area (Å²) in [6.07, 6.45) is 16.7. The molecule has 0 heterocycles. The summed E-state index contributed by atoms with van der Waals surface area (Å²) in [5.74, 6) is 0.00437. The van der Waals surface area contributed by atoms with E-state index >= 15 is 4.39 Å². The molecule has 1 unspecified atom stereocenters. The standard InChI is InChI=1S/C23H35F3/c1-2-4-17-6-8-18(9-7-17)10-11-19-12-14-20(15-13-19)23(26)16-3-5-21(24)22(23)25/h3,16-20H,2,4-15H2,1H3. The van der Waals surface area contributed by atoms with Gasteiger partial charge in [0.05, 0.1) is 0 Å². The monoisotopic (exact) mass is 368 g/mol. The maximum absolute atomic E-state index is 15.0. The van der Waals surface area contributed by atoms with Gasteiger partial charge in [0, 0.05) is 12.3 Å². The summed E-state index contributed by atoms with van der Waals surface area (Å²) in [7, 11) is 0. The lowest BCUT2D eigenvalue weighted by molar-refractivity contribution is 0.0894. The average Bonchev–Trinajstić information content (AvgIpc) is 2.66.